The van der Waals surface area contributed by atoms with Crippen molar-refractivity contribution in [3.63, 3.8) is 0 Å². The van der Waals surface area contributed by atoms with Crippen molar-refractivity contribution in [2.75, 3.05) is 4.72 Å². The molecule has 10 heteroatoms. The van der Waals surface area contributed by atoms with Crippen molar-refractivity contribution in [1.29, 1.82) is 5.26 Å². The van der Waals surface area contributed by atoms with Gasteiger partial charge in [0.25, 0.3) is 10.0 Å². The van der Waals surface area contributed by atoms with Crippen molar-refractivity contribution in [1.82, 2.24) is 4.98 Å². The Bertz CT molecular complexity index is 1090. The summed E-state index contributed by atoms with van der Waals surface area (Å²) in [6.45, 7) is 0. The van der Waals surface area contributed by atoms with Gasteiger partial charge >= 0.3 is 0 Å². The fourth-order valence-electron chi connectivity index (χ4n) is 1.97. The number of ether oxygens (including phenoxy) is 1. The van der Waals surface area contributed by atoms with Crippen molar-refractivity contribution >= 4 is 26.5 Å². The van der Waals surface area contributed by atoms with Crippen molar-refractivity contribution < 1.29 is 21.9 Å². The summed E-state index contributed by atoms with van der Waals surface area (Å²) in [6.07, 6.45) is 1.45. The highest BCUT2D eigenvalue weighted by molar-refractivity contribution is 7.93. The summed E-state index contributed by atoms with van der Waals surface area (Å²) in [5, 5.41) is 11.0. The van der Waals surface area contributed by atoms with Gasteiger partial charge in [0.1, 0.15) is 17.6 Å². The SMILES string of the molecule is N#Cc1cc(S(=O)(=O)Nc2nccs2)ccc1Oc1ccc(F)c(F)c1. The smallest absolute Gasteiger partial charge is 0.263 e. The van der Waals surface area contributed by atoms with Crippen LogP contribution in [0.25, 0.3) is 0 Å². The summed E-state index contributed by atoms with van der Waals surface area (Å²) in [5.74, 6) is -2.16. The van der Waals surface area contributed by atoms with E-state index in [0.29, 0.717) is 0 Å². The van der Waals surface area contributed by atoms with Gasteiger partial charge in [-0.1, -0.05) is 0 Å². The molecule has 3 aromatic rings. The minimum absolute atomic E-state index is 0.00621. The number of thiazole rings is 1. The van der Waals surface area contributed by atoms with Gasteiger partial charge in [0.2, 0.25) is 0 Å². The van der Waals surface area contributed by atoms with Crippen molar-refractivity contribution in [3.05, 3.63) is 65.2 Å². The van der Waals surface area contributed by atoms with Gasteiger partial charge < -0.3 is 4.74 Å². The number of rotatable bonds is 5. The zero-order valence-corrected chi connectivity index (χ0v) is 14.4. The van der Waals surface area contributed by atoms with Gasteiger partial charge in [-0.15, -0.1) is 11.3 Å². The molecule has 0 saturated heterocycles. The van der Waals surface area contributed by atoms with Crippen LogP contribution < -0.4 is 9.46 Å². The van der Waals surface area contributed by atoms with E-state index >= 15 is 0 Å². The summed E-state index contributed by atoms with van der Waals surface area (Å²) in [6, 6.07) is 8.32. The molecule has 0 aliphatic heterocycles. The zero-order chi connectivity index (χ0) is 18.7. The van der Waals surface area contributed by atoms with Gasteiger partial charge in [-0.05, 0) is 30.3 Å². The monoisotopic (exact) mass is 393 g/mol. The van der Waals surface area contributed by atoms with E-state index in [1.807, 2.05) is 6.07 Å². The molecule has 0 saturated carbocycles. The summed E-state index contributed by atoms with van der Waals surface area (Å²) >= 11 is 1.10. The number of nitriles is 1. The molecule has 0 unspecified atom stereocenters. The second-order valence-corrected chi connectivity index (χ2v) is 7.47. The van der Waals surface area contributed by atoms with Crippen LogP contribution in [0.2, 0.25) is 0 Å². The average Bonchev–Trinajstić information content (AvgIpc) is 3.10. The number of aromatic nitrogens is 1. The number of benzene rings is 2. The predicted molar refractivity (Wildman–Crippen MR) is 90.5 cm³/mol. The molecule has 2 aromatic carbocycles. The number of nitrogens with one attached hydrogen (secondary N) is 1. The Morgan fingerprint density at radius 2 is 1.96 bits per heavy atom. The molecule has 0 bridgehead atoms. The van der Waals surface area contributed by atoms with Crippen LogP contribution in [0.15, 0.2) is 52.9 Å². The lowest BCUT2D eigenvalue weighted by Crippen LogP contribution is -2.13. The number of hydrogen-bond acceptors (Lipinski definition) is 6. The fraction of sp³-hybridized carbons (Fsp3) is 0. The van der Waals surface area contributed by atoms with Crippen LogP contribution in [-0.2, 0) is 10.0 Å². The molecule has 132 valence electrons. The van der Waals surface area contributed by atoms with E-state index in [1.54, 1.807) is 5.38 Å². The second kappa shape index (κ2) is 7.07. The Labute approximate surface area is 151 Å². The first-order chi connectivity index (χ1) is 12.4. The van der Waals surface area contributed by atoms with Gasteiger partial charge in [0.05, 0.1) is 10.5 Å². The number of sulfonamides is 1. The third-order valence-corrected chi connectivity index (χ3v) is 5.31. The van der Waals surface area contributed by atoms with Crippen LogP contribution in [0, 0.1) is 23.0 Å². The van der Waals surface area contributed by atoms with Gasteiger partial charge in [0, 0.05) is 17.6 Å². The highest BCUT2D eigenvalue weighted by atomic mass is 32.2. The maximum absolute atomic E-state index is 13.3. The van der Waals surface area contributed by atoms with Crippen LogP contribution >= 0.6 is 11.3 Å². The van der Waals surface area contributed by atoms with E-state index in [1.165, 1.54) is 24.4 Å². The molecular weight excluding hydrogens is 384 g/mol. The number of hydrogen-bond donors (Lipinski definition) is 1. The van der Waals surface area contributed by atoms with Crippen LogP contribution in [0.3, 0.4) is 0 Å². The molecule has 3 rings (SSSR count). The largest absolute Gasteiger partial charge is 0.456 e. The van der Waals surface area contributed by atoms with E-state index in [9.17, 15) is 22.5 Å². The van der Waals surface area contributed by atoms with Gasteiger partial charge in [-0.2, -0.15) is 5.26 Å². The Hall–Kier alpha value is -3.03. The Kier molecular flexibility index (Phi) is 4.83. The molecule has 6 nitrogen and oxygen atoms in total. The summed E-state index contributed by atoms with van der Waals surface area (Å²) in [7, 11) is -3.94. The molecule has 26 heavy (non-hydrogen) atoms. The van der Waals surface area contributed by atoms with Crippen LogP contribution in [0.1, 0.15) is 5.56 Å². The molecule has 0 aliphatic rings. The van der Waals surface area contributed by atoms with Gasteiger partial charge in [0.15, 0.2) is 16.8 Å². The molecule has 1 aromatic heterocycles. The summed E-state index contributed by atoms with van der Waals surface area (Å²) < 4.78 is 58.5. The van der Waals surface area contributed by atoms with Gasteiger partial charge in [-0.3, -0.25) is 4.72 Å². The van der Waals surface area contributed by atoms with E-state index in [0.717, 1.165) is 29.5 Å². The molecule has 0 amide bonds. The molecule has 1 heterocycles. The average molecular weight is 393 g/mol. The van der Waals surface area contributed by atoms with Crippen LogP contribution in [0.5, 0.6) is 11.5 Å². The fourth-order valence-corrected chi connectivity index (χ4v) is 3.78. The lowest BCUT2D eigenvalue weighted by molar-refractivity contribution is 0.460. The van der Waals surface area contributed by atoms with Crippen molar-refractivity contribution in [2.45, 2.75) is 4.90 Å². The first-order valence-electron chi connectivity index (χ1n) is 6.98. The highest BCUT2D eigenvalue weighted by Gasteiger charge is 2.18. The standard InChI is InChI=1S/C16H9F2N3O3S2/c17-13-3-1-11(8-14(13)18)24-15-4-2-12(7-10(15)9-19)26(22,23)21-16-20-5-6-25-16/h1-8H,(H,20,21). The first kappa shape index (κ1) is 17.8. The minimum atomic E-state index is -3.94. The Morgan fingerprint density at radius 1 is 1.15 bits per heavy atom. The highest BCUT2D eigenvalue weighted by Crippen LogP contribution is 2.29. The number of nitrogens with zero attached hydrogens (tertiary/aromatic N) is 2. The third kappa shape index (κ3) is 3.79. The van der Waals surface area contributed by atoms with Crippen molar-refractivity contribution in [3.8, 4) is 17.6 Å². The molecule has 0 atom stereocenters. The summed E-state index contributed by atoms with van der Waals surface area (Å²) in [4.78, 5) is 3.67. The van der Waals surface area contributed by atoms with Crippen molar-refractivity contribution in [2.24, 2.45) is 0 Å². The lowest BCUT2D eigenvalue weighted by atomic mass is 10.2. The number of anilines is 1. The van der Waals surface area contributed by atoms with Gasteiger partial charge in [-0.25, -0.2) is 22.2 Å². The quantitative estimate of drug-likeness (QED) is 0.710. The molecular formula is C16H9F2N3O3S2. The second-order valence-electron chi connectivity index (χ2n) is 4.89. The van der Waals surface area contributed by atoms with Crippen LogP contribution in [0.4, 0.5) is 13.9 Å². The maximum atomic E-state index is 13.3. The van der Waals surface area contributed by atoms with E-state index in [4.69, 9.17) is 4.74 Å². The molecule has 0 aliphatic carbocycles. The van der Waals surface area contributed by atoms with Crippen LogP contribution in [-0.4, -0.2) is 13.4 Å². The van der Waals surface area contributed by atoms with E-state index in [2.05, 4.69) is 9.71 Å². The summed E-state index contributed by atoms with van der Waals surface area (Å²) in [5.41, 5.74) is -0.0863. The zero-order valence-electron chi connectivity index (χ0n) is 12.8. The van der Waals surface area contributed by atoms with E-state index < -0.39 is 21.7 Å². The molecule has 0 spiro atoms. The normalized spacial score (nSPS) is 11.0. The Morgan fingerprint density at radius 3 is 2.62 bits per heavy atom. The molecule has 0 fully saturated rings. The number of halogens is 2. The first-order valence-corrected chi connectivity index (χ1v) is 9.35. The van der Waals surface area contributed by atoms with E-state index in [-0.39, 0.29) is 27.1 Å². The Balaban J connectivity index is 1.90. The minimum Gasteiger partial charge on any atom is -0.456 e. The molecule has 1 N–H and O–H groups in total. The predicted octanol–water partition coefficient (Wildman–Crippen LogP) is 3.89. The maximum Gasteiger partial charge on any atom is 0.263 e. The lowest BCUT2D eigenvalue weighted by Gasteiger charge is -2.10. The topological polar surface area (TPSA) is 92.1 Å². The third-order valence-electron chi connectivity index (χ3n) is 3.15. The molecule has 0 radical (unpaired) electrons.